The number of benzene rings is 2. The minimum absolute atomic E-state index is 0.00174. The predicted octanol–water partition coefficient (Wildman–Crippen LogP) is 3.74. The fraction of sp³-hybridized carbons (Fsp3) is 0.462. The summed E-state index contributed by atoms with van der Waals surface area (Å²) in [6, 6.07) is 16.5. The Bertz CT molecular complexity index is 918. The average Bonchev–Trinajstić information content (AvgIpc) is 2.74. The summed E-state index contributed by atoms with van der Waals surface area (Å²) in [4.78, 5) is 27.0. The Balaban J connectivity index is 1.62. The van der Waals surface area contributed by atoms with Gasteiger partial charge in [-0.1, -0.05) is 57.2 Å². The average molecular weight is 422 g/mol. The summed E-state index contributed by atoms with van der Waals surface area (Å²) in [6.45, 7) is 7.97. The normalized spacial score (nSPS) is 17.5. The SMILES string of the molecule is CNC(=O)c1ccc2c(c1)CN(C)[C@H](CNC(=O)C[C@@H](c1ccccc1)C(C)(C)C)C2. The monoisotopic (exact) mass is 421 g/mol. The molecular formula is C26H35N3O2. The highest BCUT2D eigenvalue weighted by molar-refractivity contribution is 5.94. The highest BCUT2D eigenvalue weighted by Gasteiger charge is 2.29. The molecular weight excluding hydrogens is 386 g/mol. The Labute approximate surface area is 186 Å². The maximum atomic E-state index is 12.8. The second-order valence-electron chi connectivity index (χ2n) is 9.67. The molecule has 5 heteroatoms. The van der Waals surface area contributed by atoms with Gasteiger partial charge in [0.25, 0.3) is 5.91 Å². The molecule has 0 fully saturated rings. The van der Waals surface area contributed by atoms with E-state index in [1.165, 1.54) is 16.7 Å². The highest BCUT2D eigenvalue weighted by atomic mass is 16.2. The van der Waals surface area contributed by atoms with Gasteiger partial charge in [-0.2, -0.15) is 0 Å². The van der Waals surface area contributed by atoms with E-state index in [2.05, 4.69) is 55.5 Å². The summed E-state index contributed by atoms with van der Waals surface area (Å²) in [5.41, 5.74) is 4.34. The molecule has 2 aromatic rings. The van der Waals surface area contributed by atoms with Crippen molar-refractivity contribution in [1.29, 1.82) is 0 Å². The van der Waals surface area contributed by atoms with Gasteiger partial charge in [-0.25, -0.2) is 0 Å². The van der Waals surface area contributed by atoms with Crippen LogP contribution in [0.15, 0.2) is 48.5 Å². The van der Waals surface area contributed by atoms with Crippen LogP contribution < -0.4 is 10.6 Å². The van der Waals surface area contributed by atoms with E-state index in [4.69, 9.17) is 0 Å². The van der Waals surface area contributed by atoms with Crippen LogP contribution in [0.5, 0.6) is 0 Å². The lowest BCUT2D eigenvalue weighted by molar-refractivity contribution is -0.122. The second-order valence-corrected chi connectivity index (χ2v) is 9.67. The van der Waals surface area contributed by atoms with E-state index in [1.807, 2.05) is 36.4 Å². The van der Waals surface area contributed by atoms with Gasteiger partial charge < -0.3 is 10.6 Å². The Morgan fingerprint density at radius 3 is 2.45 bits per heavy atom. The molecule has 166 valence electrons. The molecule has 0 aliphatic carbocycles. The molecule has 1 heterocycles. The molecule has 0 saturated heterocycles. The zero-order chi connectivity index (χ0) is 22.6. The van der Waals surface area contributed by atoms with Gasteiger partial charge in [-0.15, -0.1) is 0 Å². The fourth-order valence-corrected chi connectivity index (χ4v) is 4.39. The predicted molar refractivity (Wildman–Crippen MR) is 125 cm³/mol. The van der Waals surface area contributed by atoms with Crippen molar-refractivity contribution in [3.05, 3.63) is 70.8 Å². The molecule has 2 N–H and O–H groups in total. The van der Waals surface area contributed by atoms with Gasteiger partial charge >= 0.3 is 0 Å². The third-order valence-electron chi connectivity index (χ3n) is 6.37. The van der Waals surface area contributed by atoms with Crippen LogP contribution in [0.1, 0.15) is 60.2 Å². The number of carbonyl (C=O) groups excluding carboxylic acids is 2. The number of rotatable bonds is 6. The van der Waals surface area contributed by atoms with Crippen molar-refractivity contribution in [2.75, 3.05) is 20.6 Å². The number of amides is 2. The van der Waals surface area contributed by atoms with E-state index < -0.39 is 0 Å². The first-order valence-corrected chi connectivity index (χ1v) is 11.0. The van der Waals surface area contributed by atoms with Crippen LogP contribution in [0.25, 0.3) is 0 Å². The molecule has 0 aromatic heterocycles. The van der Waals surface area contributed by atoms with Crippen molar-refractivity contribution in [3.8, 4) is 0 Å². The fourth-order valence-electron chi connectivity index (χ4n) is 4.39. The quantitative estimate of drug-likeness (QED) is 0.747. The largest absolute Gasteiger partial charge is 0.355 e. The van der Waals surface area contributed by atoms with Crippen LogP contribution in [0.4, 0.5) is 0 Å². The van der Waals surface area contributed by atoms with Crippen LogP contribution in [0.2, 0.25) is 0 Å². The summed E-state index contributed by atoms with van der Waals surface area (Å²) in [5.74, 6) is 0.200. The van der Waals surface area contributed by atoms with Crippen molar-refractivity contribution in [2.45, 2.75) is 52.1 Å². The third kappa shape index (κ3) is 5.73. The summed E-state index contributed by atoms with van der Waals surface area (Å²) < 4.78 is 0. The van der Waals surface area contributed by atoms with Gasteiger partial charge in [0, 0.05) is 38.2 Å². The topological polar surface area (TPSA) is 61.4 Å². The zero-order valence-electron chi connectivity index (χ0n) is 19.4. The van der Waals surface area contributed by atoms with Crippen LogP contribution >= 0.6 is 0 Å². The molecule has 2 aromatic carbocycles. The number of fused-ring (bicyclic) bond motifs is 1. The summed E-state index contributed by atoms with van der Waals surface area (Å²) >= 11 is 0. The molecule has 31 heavy (non-hydrogen) atoms. The van der Waals surface area contributed by atoms with E-state index in [0.717, 1.165) is 13.0 Å². The molecule has 1 aliphatic rings. The van der Waals surface area contributed by atoms with E-state index in [1.54, 1.807) is 7.05 Å². The number of hydrogen-bond acceptors (Lipinski definition) is 3. The van der Waals surface area contributed by atoms with E-state index in [9.17, 15) is 9.59 Å². The van der Waals surface area contributed by atoms with E-state index in [0.29, 0.717) is 18.5 Å². The van der Waals surface area contributed by atoms with Gasteiger partial charge in [0.1, 0.15) is 0 Å². The maximum Gasteiger partial charge on any atom is 0.251 e. The van der Waals surface area contributed by atoms with Crippen molar-refractivity contribution in [2.24, 2.45) is 5.41 Å². The van der Waals surface area contributed by atoms with E-state index in [-0.39, 0.29) is 29.2 Å². The molecule has 0 spiro atoms. The Kier molecular flexibility index (Phi) is 7.16. The van der Waals surface area contributed by atoms with Crippen LogP contribution in [0, 0.1) is 5.41 Å². The summed E-state index contributed by atoms with van der Waals surface area (Å²) in [6.07, 6.45) is 1.34. The molecule has 0 unspecified atom stereocenters. The van der Waals surface area contributed by atoms with Gasteiger partial charge in [-0.05, 0) is 53.6 Å². The van der Waals surface area contributed by atoms with Crippen LogP contribution in [-0.4, -0.2) is 43.4 Å². The third-order valence-corrected chi connectivity index (χ3v) is 6.37. The molecule has 0 bridgehead atoms. The van der Waals surface area contributed by atoms with Crippen LogP contribution in [0.3, 0.4) is 0 Å². The van der Waals surface area contributed by atoms with Gasteiger partial charge in [0.2, 0.25) is 5.91 Å². The highest BCUT2D eigenvalue weighted by Crippen LogP contribution is 2.37. The van der Waals surface area contributed by atoms with Gasteiger partial charge in [0.15, 0.2) is 0 Å². The van der Waals surface area contributed by atoms with E-state index >= 15 is 0 Å². The van der Waals surface area contributed by atoms with Crippen LogP contribution in [-0.2, 0) is 17.8 Å². The standard InChI is InChI=1S/C26H35N3O2/c1-26(2,3)23(18-9-7-6-8-10-18)15-24(30)28-16-22-14-19-11-12-20(25(31)27-4)13-21(19)17-29(22)5/h6-13,22-23H,14-17H2,1-5H3,(H,27,31)(H,28,30)/t22-,23-/m0/s1. The molecule has 0 radical (unpaired) electrons. The maximum absolute atomic E-state index is 12.8. The number of carbonyl (C=O) groups is 2. The molecule has 3 rings (SSSR count). The lowest BCUT2D eigenvalue weighted by atomic mass is 9.74. The smallest absolute Gasteiger partial charge is 0.251 e. The lowest BCUT2D eigenvalue weighted by Crippen LogP contribution is -2.46. The lowest BCUT2D eigenvalue weighted by Gasteiger charge is -2.35. The first-order chi connectivity index (χ1) is 14.7. The zero-order valence-corrected chi connectivity index (χ0v) is 19.4. The number of likely N-dealkylation sites (N-methyl/N-ethyl adjacent to an activating group) is 1. The molecule has 2 atom stereocenters. The van der Waals surface area contributed by atoms with Gasteiger partial charge in [-0.3, -0.25) is 14.5 Å². The number of nitrogens with one attached hydrogen (secondary N) is 2. The van der Waals surface area contributed by atoms with Crippen molar-refractivity contribution < 1.29 is 9.59 Å². The van der Waals surface area contributed by atoms with Crippen molar-refractivity contribution >= 4 is 11.8 Å². The number of hydrogen-bond donors (Lipinski definition) is 2. The summed E-state index contributed by atoms with van der Waals surface area (Å²) in [7, 11) is 3.73. The molecule has 1 aliphatic heterocycles. The minimum Gasteiger partial charge on any atom is -0.355 e. The Morgan fingerprint density at radius 2 is 1.81 bits per heavy atom. The first kappa shape index (κ1) is 23.0. The molecule has 0 saturated carbocycles. The van der Waals surface area contributed by atoms with Gasteiger partial charge in [0.05, 0.1) is 0 Å². The second kappa shape index (κ2) is 9.65. The number of nitrogens with zero attached hydrogens (tertiary/aromatic N) is 1. The first-order valence-electron chi connectivity index (χ1n) is 11.0. The molecule has 2 amide bonds. The molecule has 5 nitrogen and oxygen atoms in total. The Hall–Kier alpha value is -2.66. The summed E-state index contributed by atoms with van der Waals surface area (Å²) in [5, 5.41) is 5.86. The Morgan fingerprint density at radius 1 is 1.10 bits per heavy atom. The minimum atomic E-state index is -0.0633. The van der Waals surface area contributed by atoms with Crippen molar-refractivity contribution in [1.82, 2.24) is 15.5 Å². The van der Waals surface area contributed by atoms with Crippen molar-refractivity contribution in [3.63, 3.8) is 0 Å².